The maximum atomic E-state index is 11.4. The number of nitrogens with zero attached hydrogens (tertiary/aromatic N) is 1. The van der Waals surface area contributed by atoms with Crippen LogP contribution in [-0.2, 0) is 14.3 Å². The van der Waals surface area contributed by atoms with Gasteiger partial charge in [-0.15, -0.1) is 0 Å². The lowest BCUT2D eigenvalue weighted by Gasteiger charge is -2.06. The molecule has 0 fully saturated rings. The standard InChI is InChI=1S/C13H16ClN3O5/c1-21-4-3-15-12(19)13(20)17-16-7-8-5-9(14)11(18)10(6-8)22-2/h5-7,18H,3-4H2,1-2H3,(H,15,19)(H,17,20)/b16-7-. The molecule has 3 N–H and O–H groups in total. The van der Waals surface area contributed by atoms with Gasteiger partial charge in [-0.2, -0.15) is 5.10 Å². The largest absolute Gasteiger partial charge is 0.503 e. The van der Waals surface area contributed by atoms with Gasteiger partial charge in [0, 0.05) is 13.7 Å². The van der Waals surface area contributed by atoms with E-state index in [1.807, 2.05) is 0 Å². The van der Waals surface area contributed by atoms with Gasteiger partial charge >= 0.3 is 11.8 Å². The summed E-state index contributed by atoms with van der Waals surface area (Å²) in [5.74, 6) is -1.76. The molecule has 0 aliphatic carbocycles. The van der Waals surface area contributed by atoms with Crippen molar-refractivity contribution in [1.82, 2.24) is 10.7 Å². The van der Waals surface area contributed by atoms with Gasteiger partial charge in [0.15, 0.2) is 11.5 Å². The third-order valence-corrected chi connectivity index (χ3v) is 2.74. The third-order valence-electron chi connectivity index (χ3n) is 2.45. The molecule has 1 aromatic rings. The number of hydrogen-bond acceptors (Lipinski definition) is 6. The minimum absolute atomic E-state index is 0.0736. The molecule has 2 amide bonds. The number of halogens is 1. The second-order valence-electron chi connectivity index (χ2n) is 4.00. The summed E-state index contributed by atoms with van der Waals surface area (Å²) in [6.45, 7) is 0.519. The Labute approximate surface area is 132 Å². The number of benzene rings is 1. The van der Waals surface area contributed by atoms with Crippen molar-refractivity contribution in [3.8, 4) is 11.5 Å². The molecule has 1 aromatic carbocycles. The zero-order chi connectivity index (χ0) is 16.5. The van der Waals surface area contributed by atoms with Gasteiger partial charge in [0.05, 0.1) is 25.0 Å². The molecular formula is C13H16ClN3O5. The Morgan fingerprint density at radius 3 is 2.73 bits per heavy atom. The number of hydrogen-bond donors (Lipinski definition) is 3. The zero-order valence-electron chi connectivity index (χ0n) is 12.1. The van der Waals surface area contributed by atoms with Crippen LogP contribution in [0.3, 0.4) is 0 Å². The molecule has 0 heterocycles. The van der Waals surface area contributed by atoms with E-state index in [-0.39, 0.29) is 23.1 Å². The van der Waals surface area contributed by atoms with Gasteiger partial charge < -0.3 is 19.9 Å². The summed E-state index contributed by atoms with van der Waals surface area (Å²) >= 11 is 5.81. The average molecular weight is 330 g/mol. The van der Waals surface area contributed by atoms with E-state index in [4.69, 9.17) is 21.1 Å². The topological polar surface area (TPSA) is 109 Å². The van der Waals surface area contributed by atoms with Gasteiger partial charge in [0.1, 0.15) is 0 Å². The van der Waals surface area contributed by atoms with Crippen LogP contribution in [0.4, 0.5) is 0 Å². The first-order chi connectivity index (χ1) is 10.5. The lowest BCUT2D eigenvalue weighted by Crippen LogP contribution is -2.39. The van der Waals surface area contributed by atoms with Crippen molar-refractivity contribution < 1.29 is 24.2 Å². The van der Waals surface area contributed by atoms with Crippen molar-refractivity contribution in [2.45, 2.75) is 0 Å². The minimum atomic E-state index is -0.913. The molecule has 0 aliphatic rings. The molecular weight excluding hydrogens is 314 g/mol. The minimum Gasteiger partial charge on any atom is -0.503 e. The normalized spacial score (nSPS) is 10.5. The summed E-state index contributed by atoms with van der Waals surface area (Å²) in [7, 11) is 2.85. The van der Waals surface area contributed by atoms with Gasteiger partial charge in [-0.25, -0.2) is 5.43 Å². The predicted molar refractivity (Wildman–Crippen MR) is 80.3 cm³/mol. The van der Waals surface area contributed by atoms with Crippen LogP contribution in [0.25, 0.3) is 0 Å². The monoisotopic (exact) mass is 329 g/mol. The number of carbonyl (C=O) groups is 2. The molecule has 0 bridgehead atoms. The predicted octanol–water partition coefficient (Wildman–Crippen LogP) is 0.267. The number of ether oxygens (including phenoxy) is 2. The van der Waals surface area contributed by atoms with Gasteiger partial charge in [-0.3, -0.25) is 9.59 Å². The fourth-order valence-corrected chi connectivity index (χ4v) is 1.61. The average Bonchev–Trinajstić information content (AvgIpc) is 2.50. The lowest BCUT2D eigenvalue weighted by molar-refractivity contribution is -0.139. The molecule has 1 rings (SSSR count). The first kappa shape index (κ1) is 17.7. The molecule has 0 aromatic heterocycles. The van der Waals surface area contributed by atoms with Gasteiger partial charge in [0.2, 0.25) is 0 Å². The Balaban J connectivity index is 2.60. The van der Waals surface area contributed by atoms with Crippen LogP contribution in [0.1, 0.15) is 5.56 Å². The van der Waals surface area contributed by atoms with Crippen LogP contribution < -0.4 is 15.5 Å². The molecule has 120 valence electrons. The van der Waals surface area contributed by atoms with Crippen LogP contribution >= 0.6 is 11.6 Å². The molecule has 0 radical (unpaired) electrons. The summed E-state index contributed by atoms with van der Waals surface area (Å²) in [5, 5.41) is 15.6. The molecule has 0 aliphatic heterocycles. The highest BCUT2D eigenvalue weighted by atomic mass is 35.5. The van der Waals surface area contributed by atoms with Gasteiger partial charge in [-0.1, -0.05) is 11.6 Å². The van der Waals surface area contributed by atoms with Crippen molar-refractivity contribution in [3.05, 3.63) is 22.7 Å². The van der Waals surface area contributed by atoms with E-state index < -0.39 is 11.8 Å². The number of phenols is 1. The Morgan fingerprint density at radius 2 is 2.09 bits per heavy atom. The van der Waals surface area contributed by atoms with Gasteiger partial charge in [-0.05, 0) is 17.7 Å². The Hall–Kier alpha value is -2.32. The molecule has 0 unspecified atom stereocenters. The highest BCUT2D eigenvalue weighted by Gasteiger charge is 2.11. The maximum absolute atomic E-state index is 11.4. The zero-order valence-corrected chi connectivity index (χ0v) is 12.8. The highest BCUT2D eigenvalue weighted by molar-refractivity contribution is 6.35. The maximum Gasteiger partial charge on any atom is 0.329 e. The summed E-state index contributed by atoms with van der Waals surface area (Å²) < 4.78 is 9.66. The number of methoxy groups -OCH3 is 2. The van der Waals surface area contributed by atoms with E-state index in [0.29, 0.717) is 12.2 Å². The van der Waals surface area contributed by atoms with Crippen LogP contribution in [0.5, 0.6) is 11.5 Å². The highest BCUT2D eigenvalue weighted by Crippen LogP contribution is 2.34. The van der Waals surface area contributed by atoms with E-state index in [1.165, 1.54) is 32.6 Å². The van der Waals surface area contributed by atoms with E-state index >= 15 is 0 Å². The molecule has 0 saturated carbocycles. The number of carbonyl (C=O) groups excluding carboxylic acids is 2. The summed E-state index contributed by atoms with van der Waals surface area (Å²) in [6.07, 6.45) is 1.26. The summed E-state index contributed by atoms with van der Waals surface area (Å²) in [6, 6.07) is 2.89. The molecule has 0 atom stereocenters. The van der Waals surface area contributed by atoms with E-state index in [0.717, 1.165) is 0 Å². The molecule has 0 spiro atoms. The number of amides is 2. The van der Waals surface area contributed by atoms with Crippen molar-refractivity contribution in [1.29, 1.82) is 0 Å². The number of phenolic OH excluding ortho intramolecular Hbond substituents is 1. The van der Waals surface area contributed by atoms with E-state index in [1.54, 1.807) is 0 Å². The van der Waals surface area contributed by atoms with Crippen LogP contribution in [-0.4, -0.2) is 50.5 Å². The quantitative estimate of drug-likeness (QED) is 0.300. The summed E-state index contributed by atoms with van der Waals surface area (Å²) in [4.78, 5) is 22.7. The van der Waals surface area contributed by atoms with Crippen LogP contribution in [0, 0.1) is 0 Å². The molecule has 22 heavy (non-hydrogen) atoms. The van der Waals surface area contributed by atoms with E-state index in [2.05, 4.69) is 15.8 Å². The molecule has 8 nitrogen and oxygen atoms in total. The van der Waals surface area contributed by atoms with Gasteiger partial charge in [0.25, 0.3) is 0 Å². The van der Waals surface area contributed by atoms with Crippen molar-refractivity contribution >= 4 is 29.6 Å². The Bertz CT molecular complexity index is 577. The fourth-order valence-electron chi connectivity index (χ4n) is 1.39. The summed E-state index contributed by atoms with van der Waals surface area (Å²) in [5.41, 5.74) is 2.53. The second kappa shape index (κ2) is 8.85. The number of aromatic hydroxyl groups is 1. The number of hydrazone groups is 1. The van der Waals surface area contributed by atoms with Crippen molar-refractivity contribution in [2.24, 2.45) is 5.10 Å². The number of rotatable bonds is 6. The Kier molecular flexibility index (Phi) is 7.14. The van der Waals surface area contributed by atoms with Crippen molar-refractivity contribution in [2.75, 3.05) is 27.4 Å². The SMILES string of the molecule is COCCNC(=O)C(=O)N/N=C\c1cc(Cl)c(O)c(OC)c1. The Morgan fingerprint density at radius 1 is 1.36 bits per heavy atom. The first-order valence-corrected chi connectivity index (χ1v) is 6.54. The van der Waals surface area contributed by atoms with Crippen LogP contribution in [0.15, 0.2) is 17.2 Å². The smallest absolute Gasteiger partial charge is 0.329 e. The fraction of sp³-hybridized carbons (Fsp3) is 0.308. The first-order valence-electron chi connectivity index (χ1n) is 6.16. The molecule has 0 saturated heterocycles. The molecule has 9 heteroatoms. The lowest BCUT2D eigenvalue weighted by atomic mass is 10.2. The third kappa shape index (κ3) is 5.23. The van der Waals surface area contributed by atoms with Crippen LogP contribution in [0.2, 0.25) is 5.02 Å². The van der Waals surface area contributed by atoms with Crippen molar-refractivity contribution in [3.63, 3.8) is 0 Å². The second-order valence-corrected chi connectivity index (χ2v) is 4.41. The number of nitrogens with one attached hydrogen (secondary N) is 2. The van der Waals surface area contributed by atoms with E-state index in [9.17, 15) is 14.7 Å².